The summed E-state index contributed by atoms with van der Waals surface area (Å²) in [5, 5.41) is 24.4. The Morgan fingerprint density at radius 1 is 1.11 bits per heavy atom. The van der Waals surface area contributed by atoms with E-state index in [1.165, 1.54) is 48.4 Å². The Morgan fingerprint density at radius 3 is 2.66 bits per heavy atom. The summed E-state index contributed by atoms with van der Waals surface area (Å²) >= 11 is 0. The maximum absolute atomic E-state index is 14.3. The molecule has 3 aromatic carbocycles. The number of para-hydroxylation sites is 1. The highest BCUT2D eigenvalue weighted by molar-refractivity contribution is 5.99. The van der Waals surface area contributed by atoms with Gasteiger partial charge < -0.3 is 34.3 Å². The van der Waals surface area contributed by atoms with Crippen LogP contribution in [-0.4, -0.2) is 78.3 Å². The molecule has 3 N–H and O–H groups in total. The SMILES string of the molecule is COc1cc(C=O)cc2c1OC1C2C(C(=O)NCCO)=CC(N(CCc2cccc(F)c2)C(=O)c2cc3ccccc3oc2=O)C1O. The van der Waals surface area contributed by atoms with Crippen molar-refractivity contribution in [1.29, 1.82) is 0 Å². The number of nitrogens with zero attached hydrogens (tertiary/aromatic N) is 1. The van der Waals surface area contributed by atoms with E-state index in [2.05, 4.69) is 5.32 Å². The molecule has 0 saturated heterocycles. The van der Waals surface area contributed by atoms with Crippen LogP contribution in [0, 0.1) is 5.82 Å². The van der Waals surface area contributed by atoms with E-state index >= 15 is 0 Å². The molecular weight excluding hydrogens is 611 g/mol. The van der Waals surface area contributed by atoms with Crippen LogP contribution in [0.1, 0.15) is 37.8 Å². The molecule has 0 fully saturated rings. The molecule has 11 nitrogen and oxygen atoms in total. The van der Waals surface area contributed by atoms with Crippen LogP contribution in [0.25, 0.3) is 11.0 Å². The molecule has 12 heteroatoms. The summed E-state index contributed by atoms with van der Waals surface area (Å²) in [6, 6.07) is 15.7. The van der Waals surface area contributed by atoms with E-state index in [0.717, 1.165) is 0 Å². The van der Waals surface area contributed by atoms with Crippen LogP contribution < -0.4 is 20.4 Å². The quantitative estimate of drug-likeness (QED) is 0.175. The van der Waals surface area contributed by atoms with E-state index in [1.54, 1.807) is 36.4 Å². The molecule has 0 spiro atoms. The van der Waals surface area contributed by atoms with E-state index in [-0.39, 0.29) is 59.9 Å². The standard InChI is InChI=1S/C35H31FN2O9/c1-45-28-15-20(18-40)14-23-29-24(33(42)37-10-12-39)17-26(30(41)32(29)47-31(23)28)38(11-9-19-5-4-7-22(36)13-19)34(43)25-16-21-6-2-3-8-27(21)46-35(25)44/h2-8,13-18,26,29-30,32,39,41H,9-12H2,1H3,(H,37,42). The predicted octanol–water partition coefficient (Wildman–Crippen LogP) is 2.76. The minimum atomic E-state index is -1.45. The Kier molecular flexibility index (Phi) is 8.88. The van der Waals surface area contributed by atoms with Gasteiger partial charge in [0.15, 0.2) is 11.5 Å². The Bertz CT molecular complexity index is 1960. The van der Waals surface area contributed by atoms with Crippen molar-refractivity contribution in [2.24, 2.45) is 0 Å². The molecule has 0 saturated carbocycles. The van der Waals surface area contributed by atoms with Gasteiger partial charge in [-0.25, -0.2) is 9.18 Å². The number of carbonyl (C=O) groups excluding carboxylic acids is 3. The Balaban J connectivity index is 1.47. The van der Waals surface area contributed by atoms with Crippen LogP contribution in [0.4, 0.5) is 4.39 Å². The Morgan fingerprint density at radius 2 is 1.91 bits per heavy atom. The molecule has 4 atom stereocenters. The van der Waals surface area contributed by atoms with Gasteiger partial charge in [0.05, 0.1) is 25.7 Å². The van der Waals surface area contributed by atoms with Crippen molar-refractivity contribution in [1.82, 2.24) is 10.2 Å². The van der Waals surface area contributed by atoms with Crippen molar-refractivity contribution in [3.63, 3.8) is 0 Å². The number of carbonyl (C=O) groups is 3. The van der Waals surface area contributed by atoms with Crippen molar-refractivity contribution in [2.45, 2.75) is 30.6 Å². The van der Waals surface area contributed by atoms with E-state index < -0.39 is 47.4 Å². The fraction of sp³-hybridized carbons (Fsp3) is 0.257. The van der Waals surface area contributed by atoms with Crippen molar-refractivity contribution in [3.8, 4) is 11.5 Å². The lowest BCUT2D eigenvalue weighted by Gasteiger charge is -2.40. The second-order valence-corrected chi connectivity index (χ2v) is 11.3. The number of aldehydes is 1. The molecule has 1 aliphatic heterocycles. The molecule has 4 aromatic rings. The normalized spacial score (nSPS) is 19.6. The van der Waals surface area contributed by atoms with Gasteiger partial charge in [0.25, 0.3) is 5.91 Å². The zero-order chi connectivity index (χ0) is 33.2. The van der Waals surface area contributed by atoms with Gasteiger partial charge in [-0.1, -0.05) is 30.3 Å². The van der Waals surface area contributed by atoms with Crippen molar-refractivity contribution >= 4 is 29.1 Å². The lowest BCUT2D eigenvalue weighted by Crippen LogP contribution is -2.56. The molecule has 0 radical (unpaired) electrons. The van der Waals surface area contributed by atoms with Crippen molar-refractivity contribution < 1.29 is 42.9 Å². The molecule has 2 heterocycles. The average molecular weight is 643 g/mol. The van der Waals surface area contributed by atoms with E-state index in [1.807, 2.05) is 0 Å². The van der Waals surface area contributed by atoms with Gasteiger partial charge in [0.2, 0.25) is 5.91 Å². The van der Waals surface area contributed by atoms with Crippen LogP contribution in [0.2, 0.25) is 0 Å². The van der Waals surface area contributed by atoms with Gasteiger partial charge in [-0.3, -0.25) is 14.4 Å². The zero-order valence-corrected chi connectivity index (χ0v) is 25.2. The number of hydrogen-bond acceptors (Lipinski definition) is 9. The summed E-state index contributed by atoms with van der Waals surface area (Å²) in [6.07, 6.45) is -0.381. The number of halogens is 1. The number of ether oxygens (including phenoxy) is 2. The number of nitrogens with one attached hydrogen (secondary N) is 1. The number of hydrogen-bond donors (Lipinski definition) is 3. The fourth-order valence-electron chi connectivity index (χ4n) is 6.25. The van der Waals surface area contributed by atoms with Crippen molar-refractivity contribution in [2.75, 3.05) is 26.8 Å². The fourth-order valence-corrected chi connectivity index (χ4v) is 6.25. The number of aliphatic hydroxyl groups is 2. The second kappa shape index (κ2) is 13.2. The summed E-state index contributed by atoms with van der Waals surface area (Å²) < 4.78 is 31.2. The first-order valence-corrected chi connectivity index (χ1v) is 14.9. The van der Waals surface area contributed by atoms with Crippen LogP contribution in [0.3, 0.4) is 0 Å². The summed E-state index contributed by atoms with van der Waals surface area (Å²) in [5.74, 6) is -2.30. The van der Waals surface area contributed by atoms with Gasteiger partial charge >= 0.3 is 5.63 Å². The largest absolute Gasteiger partial charge is 0.493 e. The van der Waals surface area contributed by atoms with Crippen LogP contribution in [0.15, 0.2) is 87.6 Å². The maximum Gasteiger partial charge on any atom is 0.349 e. The molecule has 1 aromatic heterocycles. The summed E-state index contributed by atoms with van der Waals surface area (Å²) in [6.45, 7) is -0.515. The summed E-state index contributed by atoms with van der Waals surface area (Å²) in [7, 11) is 1.39. The molecule has 6 rings (SSSR count). The summed E-state index contributed by atoms with van der Waals surface area (Å²) in [5.41, 5.74) is 0.426. The van der Waals surface area contributed by atoms with Gasteiger partial charge in [-0.2, -0.15) is 0 Å². The molecule has 1 aliphatic carbocycles. The monoisotopic (exact) mass is 642 g/mol. The molecule has 4 unspecified atom stereocenters. The highest BCUT2D eigenvalue weighted by Gasteiger charge is 2.51. The van der Waals surface area contributed by atoms with E-state index in [0.29, 0.717) is 22.8 Å². The highest BCUT2D eigenvalue weighted by Crippen LogP contribution is 2.51. The zero-order valence-electron chi connectivity index (χ0n) is 25.2. The second-order valence-electron chi connectivity index (χ2n) is 11.3. The third-order valence-electron chi connectivity index (χ3n) is 8.43. The number of aliphatic hydroxyl groups excluding tert-OH is 2. The van der Waals surface area contributed by atoms with E-state index in [9.17, 15) is 33.8 Å². The average Bonchev–Trinajstić information content (AvgIpc) is 3.47. The lowest BCUT2D eigenvalue weighted by atomic mass is 9.77. The molecule has 0 bridgehead atoms. The van der Waals surface area contributed by atoms with Gasteiger partial charge in [-0.15, -0.1) is 0 Å². The Hall–Kier alpha value is -5.33. The number of fused-ring (bicyclic) bond motifs is 4. The lowest BCUT2D eigenvalue weighted by molar-refractivity contribution is -0.118. The van der Waals surface area contributed by atoms with E-state index in [4.69, 9.17) is 13.9 Å². The number of methoxy groups -OCH3 is 1. The minimum Gasteiger partial charge on any atom is -0.493 e. The summed E-state index contributed by atoms with van der Waals surface area (Å²) in [4.78, 5) is 54.0. The smallest absolute Gasteiger partial charge is 0.349 e. The number of amides is 2. The molecule has 47 heavy (non-hydrogen) atoms. The van der Waals surface area contributed by atoms with Gasteiger partial charge in [-0.05, 0) is 54.5 Å². The molecule has 242 valence electrons. The molecule has 2 aliphatic rings. The first kappa shape index (κ1) is 31.6. The Labute approximate surface area is 267 Å². The van der Waals surface area contributed by atoms with Gasteiger partial charge in [0.1, 0.15) is 35.5 Å². The first-order valence-electron chi connectivity index (χ1n) is 14.9. The van der Waals surface area contributed by atoms with Crippen LogP contribution >= 0.6 is 0 Å². The molecular formula is C35H31FN2O9. The third-order valence-corrected chi connectivity index (χ3v) is 8.43. The van der Waals surface area contributed by atoms with Crippen LogP contribution in [-0.2, 0) is 11.2 Å². The third kappa shape index (κ3) is 6.00. The van der Waals surface area contributed by atoms with Crippen LogP contribution in [0.5, 0.6) is 11.5 Å². The number of rotatable bonds is 10. The minimum absolute atomic E-state index is 0.0768. The van der Waals surface area contributed by atoms with Gasteiger partial charge in [0, 0.05) is 35.2 Å². The first-order chi connectivity index (χ1) is 22.7. The topological polar surface area (TPSA) is 156 Å². The molecule has 2 amide bonds. The predicted molar refractivity (Wildman–Crippen MR) is 167 cm³/mol. The maximum atomic E-state index is 14.3. The highest BCUT2D eigenvalue weighted by atomic mass is 19.1. The number of benzene rings is 3. The van der Waals surface area contributed by atoms with Crippen molar-refractivity contribution in [3.05, 3.63) is 117 Å².